The monoisotopic (exact) mass is 462 g/mol. The molecule has 1 aromatic rings. The Hall–Kier alpha value is -0.530. The van der Waals surface area contributed by atoms with Gasteiger partial charge in [0.2, 0.25) is 0 Å². The van der Waals surface area contributed by atoms with E-state index in [4.69, 9.17) is 11.6 Å². The zero-order chi connectivity index (χ0) is 16.1. The molecule has 2 aliphatic rings. The Morgan fingerprint density at radius 2 is 1.96 bits per heavy atom. The zero-order valence-electron chi connectivity index (χ0n) is 14.3. The number of hydrogen-bond donors (Lipinski definition) is 2. The third kappa shape index (κ3) is 6.08. The molecule has 2 fully saturated rings. The highest BCUT2D eigenvalue weighted by atomic mass is 127. The predicted octanol–water partition coefficient (Wildman–Crippen LogP) is 3.15. The predicted molar refractivity (Wildman–Crippen MR) is 113 cm³/mol. The fourth-order valence-corrected chi connectivity index (χ4v) is 3.36. The lowest BCUT2D eigenvalue weighted by atomic mass is 10.1. The van der Waals surface area contributed by atoms with Gasteiger partial charge in [-0.15, -0.1) is 24.0 Å². The van der Waals surface area contributed by atoms with Crippen molar-refractivity contribution >= 4 is 41.5 Å². The second-order valence-electron chi connectivity index (χ2n) is 6.64. The minimum Gasteiger partial charge on any atom is -0.356 e. The summed E-state index contributed by atoms with van der Waals surface area (Å²) in [5.41, 5.74) is 1.29. The molecule has 0 radical (unpaired) electrons. The molecule has 1 saturated carbocycles. The normalized spacial score (nSPS) is 21.4. The van der Waals surface area contributed by atoms with Gasteiger partial charge in [0.25, 0.3) is 0 Å². The van der Waals surface area contributed by atoms with Crippen LogP contribution in [0.1, 0.15) is 24.8 Å². The van der Waals surface area contributed by atoms with Gasteiger partial charge in [0.05, 0.1) is 0 Å². The van der Waals surface area contributed by atoms with Crippen LogP contribution in [0.2, 0.25) is 5.02 Å². The molecule has 3 rings (SSSR count). The van der Waals surface area contributed by atoms with Crippen molar-refractivity contribution in [3.05, 3.63) is 34.9 Å². The molecular weight excluding hydrogens is 435 g/mol. The first-order valence-electron chi connectivity index (χ1n) is 8.67. The number of benzene rings is 1. The third-order valence-corrected chi connectivity index (χ3v) is 5.03. The highest BCUT2D eigenvalue weighted by Gasteiger charge is 2.34. The van der Waals surface area contributed by atoms with E-state index >= 15 is 0 Å². The van der Waals surface area contributed by atoms with Crippen molar-refractivity contribution in [2.75, 3.05) is 33.2 Å². The van der Waals surface area contributed by atoms with Crippen LogP contribution in [0.15, 0.2) is 29.3 Å². The second kappa shape index (κ2) is 9.82. The Labute approximate surface area is 167 Å². The number of rotatable bonds is 6. The number of nitrogens with one attached hydrogen (secondary N) is 2. The number of halogens is 2. The van der Waals surface area contributed by atoms with Crippen molar-refractivity contribution in [1.29, 1.82) is 0 Å². The molecule has 0 spiro atoms. The highest BCUT2D eigenvalue weighted by molar-refractivity contribution is 14.0. The fraction of sp³-hybridized carbons (Fsp3) is 0.611. The van der Waals surface area contributed by atoms with Crippen LogP contribution >= 0.6 is 35.6 Å². The van der Waals surface area contributed by atoms with Crippen LogP contribution in [-0.2, 0) is 6.42 Å². The van der Waals surface area contributed by atoms with Crippen LogP contribution in [-0.4, -0.2) is 50.1 Å². The molecule has 0 bridgehead atoms. The van der Waals surface area contributed by atoms with Crippen molar-refractivity contribution in [3.8, 4) is 0 Å². The Morgan fingerprint density at radius 3 is 2.62 bits per heavy atom. The van der Waals surface area contributed by atoms with Crippen LogP contribution < -0.4 is 10.6 Å². The second-order valence-corrected chi connectivity index (χ2v) is 7.07. The van der Waals surface area contributed by atoms with E-state index < -0.39 is 0 Å². The summed E-state index contributed by atoms with van der Waals surface area (Å²) in [6.07, 6.45) is 5.10. The lowest BCUT2D eigenvalue weighted by molar-refractivity contribution is 0.314. The molecule has 6 heteroatoms. The first-order valence-corrected chi connectivity index (χ1v) is 9.05. The standard InChI is InChI=1S/C18H27ClN4.HI/c1-20-18(21-10-8-14-2-4-16(19)5-3-14)22-12-15-9-11-23(13-15)17-6-7-17;/h2-5,15,17H,6-13H2,1H3,(H2,20,21,22);1H. The maximum atomic E-state index is 5.91. The Morgan fingerprint density at radius 1 is 1.21 bits per heavy atom. The van der Waals surface area contributed by atoms with E-state index in [2.05, 4.69) is 32.7 Å². The molecule has 1 aliphatic carbocycles. The van der Waals surface area contributed by atoms with Gasteiger partial charge in [-0.1, -0.05) is 23.7 Å². The van der Waals surface area contributed by atoms with E-state index in [0.717, 1.165) is 42.5 Å². The first kappa shape index (κ1) is 19.8. The molecule has 24 heavy (non-hydrogen) atoms. The quantitative estimate of drug-likeness (QED) is 0.388. The van der Waals surface area contributed by atoms with E-state index in [1.54, 1.807) is 0 Å². The first-order chi connectivity index (χ1) is 11.2. The third-order valence-electron chi connectivity index (χ3n) is 4.78. The Bertz CT molecular complexity index is 530. The van der Waals surface area contributed by atoms with E-state index in [0.29, 0.717) is 0 Å². The van der Waals surface area contributed by atoms with Crippen molar-refractivity contribution in [1.82, 2.24) is 15.5 Å². The van der Waals surface area contributed by atoms with Crippen LogP contribution in [0.3, 0.4) is 0 Å². The Balaban J connectivity index is 0.00000208. The average molecular weight is 463 g/mol. The fourth-order valence-electron chi connectivity index (χ4n) is 3.24. The van der Waals surface area contributed by atoms with Crippen molar-refractivity contribution in [3.63, 3.8) is 0 Å². The summed E-state index contributed by atoms with van der Waals surface area (Å²) < 4.78 is 0. The minimum atomic E-state index is 0. The van der Waals surface area contributed by atoms with Gasteiger partial charge in [-0.25, -0.2) is 0 Å². The molecular formula is C18H28ClIN4. The van der Waals surface area contributed by atoms with Gasteiger partial charge in [-0.2, -0.15) is 0 Å². The summed E-state index contributed by atoms with van der Waals surface area (Å²) in [7, 11) is 1.84. The van der Waals surface area contributed by atoms with Crippen LogP contribution in [0.4, 0.5) is 0 Å². The van der Waals surface area contributed by atoms with Gasteiger partial charge in [-0.3, -0.25) is 4.99 Å². The molecule has 134 valence electrons. The van der Waals surface area contributed by atoms with Gasteiger partial charge in [0.1, 0.15) is 0 Å². The van der Waals surface area contributed by atoms with Crippen LogP contribution in [0.5, 0.6) is 0 Å². The summed E-state index contributed by atoms with van der Waals surface area (Å²) in [4.78, 5) is 6.98. The van der Waals surface area contributed by atoms with Gasteiger partial charge in [-0.05, 0) is 55.8 Å². The molecule has 1 heterocycles. The molecule has 1 atom stereocenters. The van der Waals surface area contributed by atoms with Gasteiger partial charge >= 0.3 is 0 Å². The maximum absolute atomic E-state index is 5.91. The van der Waals surface area contributed by atoms with Crippen molar-refractivity contribution in [2.24, 2.45) is 10.9 Å². The SMILES string of the molecule is CN=C(NCCc1ccc(Cl)cc1)NCC1CCN(C2CC2)C1.I. The summed E-state index contributed by atoms with van der Waals surface area (Å²) in [6.45, 7) is 4.42. The smallest absolute Gasteiger partial charge is 0.190 e. The number of aliphatic imine (C=N–C) groups is 1. The molecule has 1 unspecified atom stereocenters. The van der Waals surface area contributed by atoms with E-state index in [9.17, 15) is 0 Å². The van der Waals surface area contributed by atoms with Crippen molar-refractivity contribution < 1.29 is 0 Å². The largest absolute Gasteiger partial charge is 0.356 e. The summed E-state index contributed by atoms with van der Waals surface area (Å²) in [5, 5.41) is 7.66. The molecule has 4 nitrogen and oxygen atoms in total. The van der Waals surface area contributed by atoms with Gasteiger partial charge in [0, 0.05) is 37.7 Å². The summed E-state index contributed by atoms with van der Waals surface area (Å²) >= 11 is 5.91. The molecule has 1 saturated heterocycles. The Kier molecular flexibility index (Phi) is 8.10. The van der Waals surface area contributed by atoms with E-state index in [-0.39, 0.29) is 24.0 Å². The van der Waals surface area contributed by atoms with Gasteiger partial charge < -0.3 is 15.5 Å². The summed E-state index contributed by atoms with van der Waals surface area (Å²) in [6, 6.07) is 8.93. The number of nitrogens with zero attached hydrogens (tertiary/aromatic N) is 2. The topological polar surface area (TPSA) is 39.7 Å². The average Bonchev–Trinajstić information content (AvgIpc) is 3.31. The molecule has 0 amide bonds. The van der Waals surface area contributed by atoms with Crippen molar-refractivity contribution in [2.45, 2.75) is 31.7 Å². The number of guanidine groups is 1. The molecule has 1 aliphatic heterocycles. The number of likely N-dealkylation sites (tertiary alicyclic amines) is 1. The highest BCUT2D eigenvalue weighted by Crippen LogP contribution is 2.31. The maximum Gasteiger partial charge on any atom is 0.190 e. The van der Waals surface area contributed by atoms with E-state index in [1.165, 1.54) is 37.9 Å². The molecule has 1 aromatic carbocycles. The zero-order valence-corrected chi connectivity index (χ0v) is 17.4. The van der Waals surface area contributed by atoms with Gasteiger partial charge in [0.15, 0.2) is 5.96 Å². The summed E-state index contributed by atoms with van der Waals surface area (Å²) in [5.74, 6) is 1.66. The lowest BCUT2D eigenvalue weighted by Gasteiger charge is -2.17. The molecule has 0 aromatic heterocycles. The van der Waals surface area contributed by atoms with Crippen LogP contribution in [0, 0.1) is 5.92 Å². The van der Waals surface area contributed by atoms with E-state index in [1.807, 2.05) is 19.2 Å². The minimum absolute atomic E-state index is 0. The van der Waals surface area contributed by atoms with Crippen LogP contribution in [0.25, 0.3) is 0 Å². The number of hydrogen-bond acceptors (Lipinski definition) is 2. The molecule has 2 N–H and O–H groups in total. The lowest BCUT2D eigenvalue weighted by Crippen LogP contribution is -2.41.